The van der Waals surface area contributed by atoms with Crippen LogP contribution in [0.15, 0.2) is 46.0 Å². The largest absolute Gasteiger partial charge is 0.309 e. The van der Waals surface area contributed by atoms with Crippen molar-refractivity contribution in [2.24, 2.45) is 0 Å². The number of hydrogen-bond acceptors (Lipinski definition) is 3. The van der Waals surface area contributed by atoms with E-state index in [2.05, 4.69) is 46.4 Å². The highest BCUT2D eigenvalue weighted by atomic mass is 32.2. The van der Waals surface area contributed by atoms with Gasteiger partial charge in [-0.05, 0) is 47.0 Å². The van der Waals surface area contributed by atoms with Gasteiger partial charge in [0.2, 0.25) is 0 Å². The molecule has 0 amide bonds. The first-order chi connectivity index (χ1) is 8.43. The minimum absolute atomic E-state index is 0.537. The van der Waals surface area contributed by atoms with Gasteiger partial charge in [0.25, 0.3) is 0 Å². The van der Waals surface area contributed by atoms with Crippen molar-refractivity contribution < 1.29 is 0 Å². The van der Waals surface area contributed by atoms with Crippen LogP contribution in [0.2, 0.25) is 0 Å². The molecular formula is C14H15NS2. The standard InChI is InChI=1S/C14H15NS2/c1-2-4-14-12(3-1)13(10-17-14)15-7-5-11-6-8-16-9-11/h1-4,6,8-9,13,15H,5,7,10H2. The van der Waals surface area contributed by atoms with E-state index in [1.807, 2.05) is 11.8 Å². The van der Waals surface area contributed by atoms with E-state index in [4.69, 9.17) is 0 Å². The van der Waals surface area contributed by atoms with Gasteiger partial charge in [-0.2, -0.15) is 11.3 Å². The van der Waals surface area contributed by atoms with Gasteiger partial charge in [0, 0.05) is 16.7 Å². The Morgan fingerprint density at radius 2 is 2.18 bits per heavy atom. The van der Waals surface area contributed by atoms with Crippen LogP contribution in [0.3, 0.4) is 0 Å². The Bertz CT molecular complexity index is 479. The van der Waals surface area contributed by atoms with Crippen molar-refractivity contribution in [3.8, 4) is 0 Å². The molecule has 0 radical (unpaired) electrons. The molecule has 2 aromatic rings. The Kier molecular flexibility index (Phi) is 3.50. The van der Waals surface area contributed by atoms with Gasteiger partial charge in [-0.15, -0.1) is 11.8 Å². The fourth-order valence-corrected chi connectivity index (χ4v) is 4.06. The minimum Gasteiger partial charge on any atom is -0.309 e. The van der Waals surface area contributed by atoms with Crippen molar-refractivity contribution in [3.05, 3.63) is 52.2 Å². The molecule has 0 fully saturated rings. The van der Waals surface area contributed by atoms with E-state index in [0.29, 0.717) is 6.04 Å². The third kappa shape index (κ3) is 2.57. The highest BCUT2D eigenvalue weighted by molar-refractivity contribution is 7.99. The van der Waals surface area contributed by atoms with Crippen molar-refractivity contribution in [1.82, 2.24) is 5.32 Å². The number of nitrogens with one attached hydrogen (secondary N) is 1. The quantitative estimate of drug-likeness (QED) is 0.900. The Labute approximate surface area is 110 Å². The maximum absolute atomic E-state index is 3.66. The number of rotatable bonds is 4. The van der Waals surface area contributed by atoms with Crippen molar-refractivity contribution in [1.29, 1.82) is 0 Å². The van der Waals surface area contributed by atoms with Gasteiger partial charge in [0.05, 0.1) is 0 Å². The molecule has 1 N–H and O–H groups in total. The molecule has 1 atom stereocenters. The average molecular weight is 261 g/mol. The molecule has 0 saturated heterocycles. The van der Waals surface area contributed by atoms with Gasteiger partial charge >= 0.3 is 0 Å². The monoisotopic (exact) mass is 261 g/mol. The second-order valence-corrected chi connectivity index (χ2v) is 6.08. The van der Waals surface area contributed by atoms with Crippen LogP contribution in [0, 0.1) is 0 Å². The molecule has 1 aliphatic heterocycles. The minimum atomic E-state index is 0.537. The molecular weight excluding hydrogens is 246 g/mol. The fourth-order valence-electron chi connectivity index (χ4n) is 2.16. The van der Waals surface area contributed by atoms with Gasteiger partial charge in [0.1, 0.15) is 0 Å². The van der Waals surface area contributed by atoms with E-state index in [1.54, 1.807) is 11.3 Å². The molecule has 3 heteroatoms. The summed E-state index contributed by atoms with van der Waals surface area (Å²) in [5.41, 5.74) is 2.92. The summed E-state index contributed by atoms with van der Waals surface area (Å²) in [6, 6.07) is 11.5. The van der Waals surface area contributed by atoms with Crippen LogP contribution in [-0.4, -0.2) is 12.3 Å². The SMILES string of the molecule is c1ccc2c(c1)SCC2NCCc1ccsc1. The summed E-state index contributed by atoms with van der Waals surface area (Å²) >= 11 is 3.74. The van der Waals surface area contributed by atoms with Gasteiger partial charge in [-0.3, -0.25) is 0 Å². The summed E-state index contributed by atoms with van der Waals surface area (Å²) in [5, 5.41) is 8.04. The van der Waals surface area contributed by atoms with Crippen LogP contribution < -0.4 is 5.32 Å². The predicted octanol–water partition coefficient (Wildman–Crippen LogP) is 3.73. The normalized spacial score (nSPS) is 18.2. The summed E-state index contributed by atoms with van der Waals surface area (Å²) in [6.45, 7) is 1.07. The van der Waals surface area contributed by atoms with Crippen molar-refractivity contribution in [2.45, 2.75) is 17.4 Å². The first kappa shape index (κ1) is 11.3. The van der Waals surface area contributed by atoms with E-state index in [0.717, 1.165) is 13.0 Å². The van der Waals surface area contributed by atoms with Crippen molar-refractivity contribution in [2.75, 3.05) is 12.3 Å². The number of thioether (sulfide) groups is 1. The smallest absolute Gasteiger partial charge is 0.0426 e. The topological polar surface area (TPSA) is 12.0 Å². The van der Waals surface area contributed by atoms with Crippen LogP contribution in [0.5, 0.6) is 0 Å². The van der Waals surface area contributed by atoms with Gasteiger partial charge in [0.15, 0.2) is 0 Å². The Morgan fingerprint density at radius 3 is 3.06 bits per heavy atom. The molecule has 0 spiro atoms. The molecule has 1 aliphatic rings. The van der Waals surface area contributed by atoms with E-state index in [9.17, 15) is 0 Å². The van der Waals surface area contributed by atoms with Crippen LogP contribution >= 0.6 is 23.1 Å². The fraction of sp³-hybridized carbons (Fsp3) is 0.286. The molecule has 0 aliphatic carbocycles. The molecule has 1 unspecified atom stereocenters. The third-order valence-electron chi connectivity index (χ3n) is 3.08. The van der Waals surface area contributed by atoms with Crippen LogP contribution in [0.1, 0.15) is 17.2 Å². The summed E-state index contributed by atoms with van der Waals surface area (Å²) in [4.78, 5) is 1.44. The number of benzene rings is 1. The van der Waals surface area contributed by atoms with Crippen LogP contribution in [-0.2, 0) is 6.42 Å². The second kappa shape index (κ2) is 5.25. The molecule has 88 valence electrons. The zero-order chi connectivity index (χ0) is 11.5. The molecule has 1 nitrogen and oxygen atoms in total. The summed E-state index contributed by atoms with van der Waals surface area (Å²) in [5.74, 6) is 1.17. The maximum atomic E-state index is 3.66. The molecule has 17 heavy (non-hydrogen) atoms. The molecule has 1 aromatic heterocycles. The number of hydrogen-bond donors (Lipinski definition) is 1. The summed E-state index contributed by atoms with van der Waals surface area (Å²) in [6.07, 6.45) is 1.13. The molecule has 1 aromatic carbocycles. The first-order valence-electron chi connectivity index (χ1n) is 5.89. The Hall–Kier alpha value is -0.770. The Morgan fingerprint density at radius 1 is 1.24 bits per heavy atom. The van der Waals surface area contributed by atoms with Crippen LogP contribution in [0.4, 0.5) is 0 Å². The van der Waals surface area contributed by atoms with Crippen molar-refractivity contribution >= 4 is 23.1 Å². The summed E-state index contributed by atoms with van der Waals surface area (Å²) < 4.78 is 0. The predicted molar refractivity (Wildman–Crippen MR) is 75.9 cm³/mol. The maximum Gasteiger partial charge on any atom is 0.0426 e. The molecule has 0 saturated carbocycles. The molecule has 0 bridgehead atoms. The highest BCUT2D eigenvalue weighted by Crippen LogP contribution is 2.37. The zero-order valence-electron chi connectivity index (χ0n) is 9.56. The lowest BCUT2D eigenvalue weighted by Gasteiger charge is -2.12. The lowest BCUT2D eigenvalue weighted by Crippen LogP contribution is -2.23. The number of fused-ring (bicyclic) bond motifs is 1. The zero-order valence-corrected chi connectivity index (χ0v) is 11.2. The summed E-state index contributed by atoms with van der Waals surface area (Å²) in [7, 11) is 0. The van der Waals surface area contributed by atoms with E-state index in [1.165, 1.54) is 21.8 Å². The van der Waals surface area contributed by atoms with E-state index in [-0.39, 0.29) is 0 Å². The Balaban J connectivity index is 1.57. The van der Waals surface area contributed by atoms with Crippen LogP contribution in [0.25, 0.3) is 0 Å². The number of thiophene rings is 1. The van der Waals surface area contributed by atoms with E-state index >= 15 is 0 Å². The van der Waals surface area contributed by atoms with E-state index < -0.39 is 0 Å². The molecule has 3 rings (SSSR count). The van der Waals surface area contributed by atoms with Gasteiger partial charge in [-0.1, -0.05) is 18.2 Å². The lowest BCUT2D eigenvalue weighted by atomic mass is 10.1. The first-order valence-corrected chi connectivity index (χ1v) is 7.82. The highest BCUT2D eigenvalue weighted by Gasteiger charge is 2.21. The van der Waals surface area contributed by atoms with Crippen molar-refractivity contribution in [3.63, 3.8) is 0 Å². The third-order valence-corrected chi connectivity index (χ3v) is 5.00. The lowest BCUT2D eigenvalue weighted by molar-refractivity contribution is 0.586. The van der Waals surface area contributed by atoms with Gasteiger partial charge in [-0.25, -0.2) is 0 Å². The van der Waals surface area contributed by atoms with Gasteiger partial charge < -0.3 is 5.32 Å². The average Bonchev–Trinajstić information content (AvgIpc) is 2.99. The second-order valence-electron chi connectivity index (χ2n) is 4.24. The molecule has 2 heterocycles.